The Balaban J connectivity index is 1.74. The van der Waals surface area contributed by atoms with E-state index in [4.69, 9.17) is 0 Å². The Hall–Kier alpha value is -2.03. The van der Waals surface area contributed by atoms with Crippen LogP contribution in [0.15, 0.2) is 30.3 Å². The topological polar surface area (TPSA) is 41.1 Å². The summed E-state index contributed by atoms with van der Waals surface area (Å²) >= 11 is 0. The molecule has 0 saturated heterocycles. The predicted octanol–water partition coefficient (Wildman–Crippen LogP) is 3.51. The largest absolute Gasteiger partial charge is 0.376 e. The Morgan fingerprint density at radius 3 is 2.55 bits per heavy atom. The van der Waals surface area contributed by atoms with E-state index in [1.165, 1.54) is 21.9 Å². The molecule has 0 aliphatic heterocycles. The lowest BCUT2D eigenvalue weighted by Crippen LogP contribution is -2.39. The van der Waals surface area contributed by atoms with Crippen molar-refractivity contribution in [1.29, 1.82) is 0 Å². The zero-order valence-electron chi connectivity index (χ0n) is 13.6. The van der Waals surface area contributed by atoms with Crippen LogP contribution in [-0.2, 0) is 17.6 Å². The third kappa shape index (κ3) is 2.80. The molecule has 3 heteroatoms. The summed E-state index contributed by atoms with van der Waals surface area (Å²) < 4.78 is 0. The van der Waals surface area contributed by atoms with E-state index >= 15 is 0 Å². The van der Waals surface area contributed by atoms with Crippen molar-refractivity contribution in [2.75, 3.05) is 11.9 Å². The number of aryl methyl sites for hydroxylation is 2. The molecule has 22 heavy (non-hydrogen) atoms. The second-order valence-corrected chi connectivity index (χ2v) is 6.57. The molecule has 0 radical (unpaired) electrons. The van der Waals surface area contributed by atoms with Gasteiger partial charge in [0.15, 0.2) is 0 Å². The number of benzene rings is 2. The van der Waals surface area contributed by atoms with Crippen molar-refractivity contribution in [2.45, 2.75) is 39.7 Å². The molecule has 1 atom stereocenters. The number of carbonyl (C=O) groups excluding carboxylic acids is 1. The molecule has 0 saturated carbocycles. The Kier molecular flexibility index (Phi) is 4.06. The number of rotatable bonds is 5. The summed E-state index contributed by atoms with van der Waals surface area (Å²) in [4.78, 5) is 12.0. The number of carbonyl (C=O) groups is 1. The van der Waals surface area contributed by atoms with Gasteiger partial charge in [-0.25, -0.2) is 0 Å². The molecule has 0 bridgehead atoms. The molecule has 2 aromatic rings. The third-order valence-corrected chi connectivity index (χ3v) is 4.70. The third-order valence-electron chi connectivity index (χ3n) is 4.70. The number of nitrogens with one attached hydrogen (secondary N) is 2. The van der Waals surface area contributed by atoms with Gasteiger partial charge in [0.2, 0.25) is 5.91 Å². The van der Waals surface area contributed by atoms with Gasteiger partial charge in [-0.1, -0.05) is 38.1 Å². The molecule has 1 unspecified atom stereocenters. The zero-order chi connectivity index (χ0) is 15.7. The minimum absolute atomic E-state index is 0.0458. The summed E-state index contributed by atoms with van der Waals surface area (Å²) in [6.45, 7) is 6.58. The van der Waals surface area contributed by atoms with Crippen LogP contribution in [0, 0.1) is 5.92 Å². The maximum absolute atomic E-state index is 12.0. The SMILES string of the molecule is CC(C)C(C)NC(=O)CNc1ccc2c3c(cccc13)CC2. The van der Waals surface area contributed by atoms with E-state index in [2.05, 4.69) is 54.8 Å². The van der Waals surface area contributed by atoms with Gasteiger partial charge in [0.1, 0.15) is 0 Å². The average Bonchev–Trinajstić information content (AvgIpc) is 2.91. The van der Waals surface area contributed by atoms with E-state index in [0.717, 1.165) is 18.5 Å². The molecule has 116 valence electrons. The number of hydrogen-bond donors (Lipinski definition) is 2. The van der Waals surface area contributed by atoms with Gasteiger partial charge in [-0.3, -0.25) is 4.79 Å². The highest BCUT2D eigenvalue weighted by atomic mass is 16.1. The molecular formula is C19H24N2O. The maximum atomic E-state index is 12.0. The van der Waals surface area contributed by atoms with Crippen molar-refractivity contribution in [2.24, 2.45) is 5.92 Å². The quantitative estimate of drug-likeness (QED) is 0.886. The molecule has 0 spiro atoms. The lowest BCUT2D eigenvalue weighted by Gasteiger charge is -2.18. The minimum Gasteiger partial charge on any atom is -0.376 e. The first-order valence-corrected chi connectivity index (χ1v) is 8.13. The van der Waals surface area contributed by atoms with Crippen LogP contribution in [0.5, 0.6) is 0 Å². The molecule has 2 aromatic carbocycles. The van der Waals surface area contributed by atoms with Crippen LogP contribution in [0.1, 0.15) is 31.9 Å². The fraction of sp³-hybridized carbons (Fsp3) is 0.421. The van der Waals surface area contributed by atoms with Crippen LogP contribution in [0.3, 0.4) is 0 Å². The first kappa shape index (κ1) is 14.9. The highest BCUT2D eigenvalue weighted by Gasteiger charge is 2.16. The first-order valence-electron chi connectivity index (χ1n) is 8.13. The highest BCUT2D eigenvalue weighted by molar-refractivity contribution is 6.00. The smallest absolute Gasteiger partial charge is 0.239 e. The lowest BCUT2D eigenvalue weighted by atomic mass is 10.0. The van der Waals surface area contributed by atoms with Gasteiger partial charge >= 0.3 is 0 Å². The molecule has 0 fully saturated rings. The van der Waals surface area contributed by atoms with E-state index in [1.54, 1.807) is 0 Å². The van der Waals surface area contributed by atoms with Crippen molar-refractivity contribution in [1.82, 2.24) is 5.32 Å². The summed E-state index contributed by atoms with van der Waals surface area (Å²) in [5.74, 6) is 0.491. The van der Waals surface area contributed by atoms with Gasteiger partial charge in [0, 0.05) is 17.1 Å². The van der Waals surface area contributed by atoms with Crippen molar-refractivity contribution >= 4 is 22.4 Å². The van der Waals surface area contributed by atoms with Gasteiger partial charge in [-0.2, -0.15) is 0 Å². The normalized spacial score (nSPS) is 14.4. The standard InChI is InChI=1S/C19H24N2O/c1-12(2)13(3)21-18(22)11-20-17-10-9-15-8-7-14-5-4-6-16(17)19(14)15/h4-6,9-10,12-13,20H,7-8,11H2,1-3H3,(H,21,22). The lowest BCUT2D eigenvalue weighted by molar-refractivity contribution is -0.120. The Labute approximate surface area is 132 Å². The van der Waals surface area contributed by atoms with E-state index < -0.39 is 0 Å². The molecular weight excluding hydrogens is 272 g/mol. The van der Waals surface area contributed by atoms with Crippen LogP contribution in [0.25, 0.3) is 10.8 Å². The van der Waals surface area contributed by atoms with Crippen LogP contribution < -0.4 is 10.6 Å². The van der Waals surface area contributed by atoms with Gasteiger partial charge in [0.25, 0.3) is 0 Å². The second kappa shape index (κ2) is 5.99. The van der Waals surface area contributed by atoms with Gasteiger partial charge in [0.05, 0.1) is 6.54 Å². The van der Waals surface area contributed by atoms with Crippen LogP contribution in [0.2, 0.25) is 0 Å². The summed E-state index contributed by atoms with van der Waals surface area (Å²) in [6.07, 6.45) is 2.25. The fourth-order valence-corrected chi connectivity index (χ4v) is 3.05. The van der Waals surface area contributed by atoms with Gasteiger partial charge < -0.3 is 10.6 Å². The molecule has 3 nitrogen and oxygen atoms in total. The number of hydrogen-bond acceptors (Lipinski definition) is 2. The summed E-state index contributed by atoms with van der Waals surface area (Å²) in [7, 11) is 0. The molecule has 0 aromatic heterocycles. The fourth-order valence-electron chi connectivity index (χ4n) is 3.05. The summed E-state index contributed by atoms with van der Waals surface area (Å²) in [5, 5.41) is 8.94. The van der Waals surface area contributed by atoms with Crippen LogP contribution in [-0.4, -0.2) is 18.5 Å². The molecule has 1 aliphatic rings. The molecule has 0 heterocycles. The Morgan fingerprint density at radius 2 is 1.82 bits per heavy atom. The number of anilines is 1. The Morgan fingerprint density at radius 1 is 1.09 bits per heavy atom. The van der Waals surface area contributed by atoms with E-state index in [0.29, 0.717) is 12.5 Å². The highest BCUT2D eigenvalue weighted by Crippen LogP contribution is 2.34. The monoisotopic (exact) mass is 296 g/mol. The van der Waals surface area contributed by atoms with Crippen LogP contribution >= 0.6 is 0 Å². The van der Waals surface area contributed by atoms with E-state index in [1.807, 2.05) is 6.92 Å². The zero-order valence-corrected chi connectivity index (χ0v) is 13.6. The molecule has 2 N–H and O–H groups in total. The number of amides is 1. The van der Waals surface area contributed by atoms with Crippen molar-refractivity contribution < 1.29 is 4.79 Å². The van der Waals surface area contributed by atoms with Gasteiger partial charge in [-0.05, 0) is 48.3 Å². The molecule has 3 rings (SSSR count). The van der Waals surface area contributed by atoms with Crippen molar-refractivity contribution in [3.63, 3.8) is 0 Å². The summed E-state index contributed by atoms with van der Waals surface area (Å²) in [6, 6.07) is 11.0. The maximum Gasteiger partial charge on any atom is 0.239 e. The average molecular weight is 296 g/mol. The second-order valence-electron chi connectivity index (χ2n) is 6.57. The predicted molar refractivity (Wildman–Crippen MR) is 92.3 cm³/mol. The first-order chi connectivity index (χ1) is 10.6. The minimum atomic E-state index is 0.0458. The Bertz CT molecular complexity index is 696. The molecule has 1 aliphatic carbocycles. The van der Waals surface area contributed by atoms with Crippen molar-refractivity contribution in [3.8, 4) is 0 Å². The van der Waals surface area contributed by atoms with E-state index in [-0.39, 0.29) is 11.9 Å². The molecule has 1 amide bonds. The van der Waals surface area contributed by atoms with E-state index in [9.17, 15) is 4.79 Å². The van der Waals surface area contributed by atoms with Crippen molar-refractivity contribution in [3.05, 3.63) is 41.5 Å². The summed E-state index contributed by atoms with van der Waals surface area (Å²) in [5.41, 5.74) is 3.90. The van der Waals surface area contributed by atoms with Gasteiger partial charge in [-0.15, -0.1) is 0 Å². The van der Waals surface area contributed by atoms with Crippen LogP contribution in [0.4, 0.5) is 5.69 Å².